The number of halogens is 1. The van der Waals surface area contributed by atoms with E-state index >= 15 is 0 Å². The highest BCUT2D eigenvalue weighted by Gasteiger charge is 2.38. The van der Waals surface area contributed by atoms with Crippen LogP contribution in [0.1, 0.15) is 34.2 Å². The SMILES string of the molecule is Cc1cc2c3c(c1)C(c1ccccc1)=NC(n1c(C)nc4cccc(Cl)c4c1=O)C(=O)N3CC2. The van der Waals surface area contributed by atoms with Gasteiger partial charge in [0.05, 0.1) is 27.3 Å². The van der Waals surface area contributed by atoms with Gasteiger partial charge in [0.2, 0.25) is 6.17 Å². The van der Waals surface area contributed by atoms with Gasteiger partial charge in [-0.15, -0.1) is 0 Å². The van der Waals surface area contributed by atoms with Crippen LogP contribution in [-0.4, -0.2) is 27.7 Å². The van der Waals surface area contributed by atoms with E-state index in [0.29, 0.717) is 34.0 Å². The van der Waals surface area contributed by atoms with E-state index in [-0.39, 0.29) is 11.5 Å². The van der Waals surface area contributed by atoms with E-state index in [0.717, 1.165) is 34.4 Å². The molecule has 2 aliphatic rings. The summed E-state index contributed by atoms with van der Waals surface area (Å²) in [5.74, 6) is 0.170. The van der Waals surface area contributed by atoms with Crippen molar-refractivity contribution >= 4 is 39.8 Å². The predicted octanol–water partition coefficient (Wildman–Crippen LogP) is 4.61. The van der Waals surface area contributed by atoms with Crippen molar-refractivity contribution in [2.75, 3.05) is 11.4 Å². The Morgan fingerprint density at radius 3 is 2.59 bits per heavy atom. The summed E-state index contributed by atoms with van der Waals surface area (Å²) in [5, 5.41) is 0.596. The van der Waals surface area contributed by atoms with Crippen LogP contribution in [0.3, 0.4) is 0 Å². The molecule has 34 heavy (non-hydrogen) atoms. The fourth-order valence-electron chi connectivity index (χ4n) is 5.09. The number of carbonyl (C=O) groups is 1. The van der Waals surface area contributed by atoms with Gasteiger partial charge in [-0.05, 0) is 44.0 Å². The average Bonchev–Trinajstić information content (AvgIpc) is 3.19. The van der Waals surface area contributed by atoms with Gasteiger partial charge in [0.15, 0.2) is 0 Å². The number of hydrogen-bond donors (Lipinski definition) is 0. The molecule has 2 aliphatic heterocycles. The van der Waals surface area contributed by atoms with Gasteiger partial charge >= 0.3 is 0 Å². The normalized spacial score (nSPS) is 17.0. The molecule has 6 nitrogen and oxygen atoms in total. The van der Waals surface area contributed by atoms with Gasteiger partial charge in [0, 0.05) is 17.7 Å². The number of aromatic nitrogens is 2. The van der Waals surface area contributed by atoms with Gasteiger partial charge in [0.25, 0.3) is 11.5 Å². The summed E-state index contributed by atoms with van der Waals surface area (Å²) >= 11 is 6.39. The minimum absolute atomic E-state index is 0.242. The molecule has 7 heteroatoms. The minimum atomic E-state index is -1.09. The second kappa shape index (κ2) is 7.64. The van der Waals surface area contributed by atoms with E-state index < -0.39 is 6.17 Å². The van der Waals surface area contributed by atoms with Crippen molar-refractivity contribution in [3.05, 3.63) is 104 Å². The molecule has 0 fully saturated rings. The molecule has 0 saturated heterocycles. The second-order valence-corrected chi connectivity index (χ2v) is 9.15. The predicted molar refractivity (Wildman–Crippen MR) is 134 cm³/mol. The Morgan fingerprint density at radius 1 is 1.00 bits per heavy atom. The van der Waals surface area contributed by atoms with Gasteiger partial charge in [-0.2, -0.15) is 0 Å². The Hall–Kier alpha value is -3.77. The summed E-state index contributed by atoms with van der Waals surface area (Å²) in [6.07, 6.45) is -0.324. The number of nitrogens with zero attached hydrogens (tertiary/aromatic N) is 4. The third-order valence-electron chi connectivity index (χ3n) is 6.55. The third kappa shape index (κ3) is 3.02. The first-order valence-corrected chi connectivity index (χ1v) is 11.6. The lowest BCUT2D eigenvalue weighted by molar-refractivity contribution is -0.121. The first-order valence-electron chi connectivity index (χ1n) is 11.2. The number of amides is 1. The Balaban J connectivity index is 1.68. The zero-order valence-corrected chi connectivity index (χ0v) is 19.5. The highest BCUT2D eigenvalue weighted by atomic mass is 35.5. The maximum atomic E-state index is 14.0. The summed E-state index contributed by atoms with van der Waals surface area (Å²) in [6.45, 7) is 4.33. The number of aliphatic imine (C=N–C) groups is 1. The zero-order valence-electron chi connectivity index (χ0n) is 18.7. The van der Waals surface area contributed by atoms with Crippen molar-refractivity contribution in [2.45, 2.75) is 26.4 Å². The molecule has 0 saturated carbocycles. The smallest absolute Gasteiger partial charge is 0.272 e. The molecule has 6 rings (SSSR count). The molecule has 1 amide bonds. The molecule has 1 unspecified atom stereocenters. The van der Waals surface area contributed by atoms with Crippen molar-refractivity contribution in [2.24, 2.45) is 4.99 Å². The fourth-order valence-corrected chi connectivity index (χ4v) is 5.34. The monoisotopic (exact) mass is 468 g/mol. The molecule has 168 valence electrons. The number of rotatable bonds is 2. The summed E-state index contributed by atoms with van der Waals surface area (Å²) in [5.41, 5.74) is 5.73. The molecular weight excluding hydrogens is 448 g/mol. The summed E-state index contributed by atoms with van der Waals surface area (Å²) < 4.78 is 1.39. The van der Waals surface area contributed by atoms with Gasteiger partial charge < -0.3 is 4.90 Å². The Morgan fingerprint density at radius 2 is 1.79 bits per heavy atom. The van der Waals surface area contributed by atoms with Gasteiger partial charge in [0.1, 0.15) is 5.82 Å². The first-order chi connectivity index (χ1) is 16.4. The lowest BCUT2D eigenvalue weighted by Gasteiger charge is -2.23. The van der Waals surface area contributed by atoms with Crippen LogP contribution in [-0.2, 0) is 11.2 Å². The molecule has 1 aromatic heterocycles. The number of fused-ring (bicyclic) bond motifs is 1. The van der Waals surface area contributed by atoms with Crippen LogP contribution >= 0.6 is 11.6 Å². The third-order valence-corrected chi connectivity index (χ3v) is 6.86. The average molecular weight is 469 g/mol. The van der Waals surface area contributed by atoms with Gasteiger partial charge in [-0.3, -0.25) is 14.2 Å². The molecule has 4 aromatic rings. The molecule has 0 N–H and O–H groups in total. The molecule has 1 atom stereocenters. The standard InChI is InChI=1S/C27H21ClN4O2/c1-15-13-18-11-12-31-24(18)19(14-15)23(17-7-4-3-5-8-17)30-25(27(31)34)32-16(2)29-21-10-6-9-20(28)22(21)26(32)33/h3-10,13-14,25H,11-12H2,1-2H3. The molecule has 0 bridgehead atoms. The van der Waals surface area contributed by atoms with E-state index in [1.54, 1.807) is 30.0 Å². The Labute approximate surface area is 201 Å². The number of hydrogen-bond acceptors (Lipinski definition) is 4. The Kier molecular flexibility index (Phi) is 4.67. The molecule has 3 heterocycles. The minimum Gasteiger partial charge on any atom is -0.308 e. The van der Waals surface area contributed by atoms with Crippen molar-refractivity contribution in [3.63, 3.8) is 0 Å². The van der Waals surface area contributed by atoms with E-state index in [9.17, 15) is 9.59 Å². The number of carbonyl (C=O) groups excluding carboxylic acids is 1. The molecular formula is C27H21ClN4O2. The van der Waals surface area contributed by atoms with Crippen LogP contribution in [0.5, 0.6) is 0 Å². The number of aryl methyl sites for hydroxylation is 2. The highest BCUT2D eigenvalue weighted by molar-refractivity contribution is 6.35. The second-order valence-electron chi connectivity index (χ2n) is 8.75. The van der Waals surface area contributed by atoms with Crippen LogP contribution in [0.15, 0.2) is 70.5 Å². The molecule has 0 radical (unpaired) electrons. The van der Waals surface area contributed by atoms with Crippen LogP contribution in [0, 0.1) is 13.8 Å². The highest BCUT2D eigenvalue weighted by Crippen LogP contribution is 2.39. The van der Waals surface area contributed by atoms with Crippen LogP contribution in [0.2, 0.25) is 5.02 Å². The molecule has 0 aliphatic carbocycles. The maximum Gasteiger partial charge on any atom is 0.272 e. The molecule has 0 spiro atoms. The van der Waals surface area contributed by atoms with Crippen molar-refractivity contribution in [1.82, 2.24) is 9.55 Å². The van der Waals surface area contributed by atoms with Gasteiger partial charge in [-0.25, -0.2) is 9.98 Å². The van der Waals surface area contributed by atoms with E-state index in [2.05, 4.69) is 24.0 Å². The van der Waals surface area contributed by atoms with Crippen molar-refractivity contribution in [1.29, 1.82) is 0 Å². The van der Waals surface area contributed by atoms with Gasteiger partial charge in [-0.1, -0.05) is 59.6 Å². The lowest BCUT2D eigenvalue weighted by Crippen LogP contribution is -2.39. The van der Waals surface area contributed by atoms with Crippen LogP contribution in [0.4, 0.5) is 5.69 Å². The van der Waals surface area contributed by atoms with E-state index in [1.165, 1.54) is 4.57 Å². The summed E-state index contributed by atoms with van der Waals surface area (Å²) in [7, 11) is 0. The van der Waals surface area contributed by atoms with Crippen LogP contribution in [0.25, 0.3) is 10.9 Å². The fraction of sp³-hybridized carbons (Fsp3) is 0.185. The maximum absolute atomic E-state index is 14.0. The van der Waals surface area contributed by atoms with Crippen molar-refractivity contribution < 1.29 is 4.79 Å². The summed E-state index contributed by atoms with van der Waals surface area (Å²) in [6, 6.07) is 19.2. The largest absolute Gasteiger partial charge is 0.308 e. The number of anilines is 1. The van der Waals surface area contributed by atoms with E-state index in [1.807, 2.05) is 30.3 Å². The Bertz CT molecular complexity index is 1590. The summed E-state index contributed by atoms with van der Waals surface area (Å²) in [4.78, 5) is 39.0. The first kappa shape index (κ1) is 20.8. The number of benzene rings is 3. The quantitative estimate of drug-likeness (QED) is 0.431. The molecule has 3 aromatic carbocycles. The lowest BCUT2D eigenvalue weighted by atomic mass is 9.96. The van der Waals surface area contributed by atoms with E-state index in [4.69, 9.17) is 16.6 Å². The van der Waals surface area contributed by atoms with Crippen LogP contribution < -0.4 is 10.5 Å². The topological polar surface area (TPSA) is 67.6 Å². The van der Waals surface area contributed by atoms with Crippen molar-refractivity contribution in [3.8, 4) is 0 Å². The zero-order chi connectivity index (χ0) is 23.6.